The molecule has 1 saturated heterocycles. The predicted octanol–water partition coefficient (Wildman–Crippen LogP) is 4.47. The fourth-order valence-corrected chi connectivity index (χ4v) is 4.91. The third kappa shape index (κ3) is 4.31. The van der Waals surface area contributed by atoms with E-state index in [9.17, 15) is 0 Å². The van der Waals surface area contributed by atoms with Crippen molar-refractivity contribution in [3.05, 3.63) is 19.2 Å². The van der Waals surface area contributed by atoms with Crippen molar-refractivity contribution in [2.45, 2.75) is 18.9 Å². The van der Waals surface area contributed by atoms with Crippen molar-refractivity contribution in [1.82, 2.24) is 10.2 Å². The maximum atomic E-state index is 3.62. The average molecular weight is 453 g/mol. The van der Waals surface area contributed by atoms with Gasteiger partial charge in [-0.2, -0.15) is 0 Å². The number of halogens is 4. The molecule has 7 heteroatoms. The number of nitrogens with one attached hydrogen (secondary N) is 1. The SMILES string of the molecule is Brc1cc([C@H](C2CC2)N2CCNCC2)sc1Br.Cl.Cl. The molecule has 1 aliphatic carbocycles. The highest BCUT2D eigenvalue weighted by atomic mass is 79.9. The fraction of sp³-hybridized carbons (Fsp3) is 0.667. The molecule has 2 nitrogen and oxygen atoms in total. The summed E-state index contributed by atoms with van der Waals surface area (Å²) in [7, 11) is 0. The second-order valence-corrected chi connectivity index (χ2v) is 8.09. The molecule has 2 heterocycles. The van der Waals surface area contributed by atoms with Gasteiger partial charge in [0.2, 0.25) is 0 Å². The molecule has 1 aromatic rings. The molecule has 3 rings (SSSR count). The van der Waals surface area contributed by atoms with Crippen LogP contribution in [0.4, 0.5) is 0 Å². The van der Waals surface area contributed by atoms with Gasteiger partial charge in [0, 0.05) is 41.6 Å². The fourth-order valence-electron chi connectivity index (χ4n) is 2.59. The van der Waals surface area contributed by atoms with Gasteiger partial charge in [-0.3, -0.25) is 4.90 Å². The van der Waals surface area contributed by atoms with Gasteiger partial charge >= 0.3 is 0 Å². The van der Waals surface area contributed by atoms with Crippen molar-refractivity contribution in [2.75, 3.05) is 26.2 Å². The van der Waals surface area contributed by atoms with E-state index in [2.05, 4.69) is 48.1 Å². The highest BCUT2D eigenvalue weighted by Crippen LogP contribution is 2.48. The lowest BCUT2D eigenvalue weighted by atomic mass is 10.1. The van der Waals surface area contributed by atoms with Crippen LogP contribution in [0.5, 0.6) is 0 Å². The maximum absolute atomic E-state index is 3.62. The number of hydrogen-bond acceptors (Lipinski definition) is 3. The minimum Gasteiger partial charge on any atom is -0.314 e. The van der Waals surface area contributed by atoms with Crippen LogP contribution in [0.2, 0.25) is 0 Å². The Morgan fingerprint density at radius 1 is 1.21 bits per heavy atom. The Labute approximate surface area is 147 Å². The summed E-state index contributed by atoms with van der Waals surface area (Å²) < 4.78 is 2.44. The Bertz CT molecular complexity index is 387. The summed E-state index contributed by atoms with van der Waals surface area (Å²) in [5, 5.41) is 3.44. The van der Waals surface area contributed by atoms with Crippen LogP contribution in [0.25, 0.3) is 0 Å². The predicted molar refractivity (Wildman–Crippen MR) is 94.1 cm³/mol. The van der Waals surface area contributed by atoms with E-state index in [1.807, 2.05) is 11.3 Å². The zero-order chi connectivity index (χ0) is 11.8. The number of nitrogens with zero attached hydrogens (tertiary/aromatic N) is 1. The molecule has 1 atom stereocenters. The molecule has 1 saturated carbocycles. The van der Waals surface area contributed by atoms with Crippen LogP contribution in [0, 0.1) is 5.92 Å². The second kappa shape index (κ2) is 7.97. The molecule has 0 amide bonds. The number of thiophene rings is 1. The molecule has 2 fully saturated rings. The third-order valence-electron chi connectivity index (χ3n) is 3.57. The van der Waals surface area contributed by atoms with Gasteiger partial charge in [-0.25, -0.2) is 0 Å². The molecule has 1 aliphatic heterocycles. The summed E-state index contributed by atoms with van der Waals surface area (Å²) in [5.74, 6) is 0.894. The van der Waals surface area contributed by atoms with E-state index in [-0.39, 0.29) is 24.8 Å². The van der Waals surface area contributed by atoms with Crippen LogP contribution in [0.1, 0.15) is 23.8 Å². The van der Waals surface area contributed by atoms with Crippen LogP contribution in [0.3, 0.4) is 0 Å². The van der Waals surface area contributed by atoms with Crippen molar-refractivity contribution >= 4 is 68.0 Å². The number of hydrogen-bond donors (Lipinski definition) is 1. The third-order valence-corrected chi connectivity index (χ3v) is 6.90. The summed E-state index contributed by atoms with van der Waals surface area (Å²) in [5.41, 5.74) is 0. The summed E-state index contributed by atoms with van der Waals surface area (Å²) >= 11 is 9.12. The van der Waals surface area contributed by atoms with Crippen LogP contribution in [-0.4, -0.2) is 31.1 Å². The molecule has 19 heavy (non-hydrogen) atoms. The molecule has 0 spiro atoms. The van der Waals surface area contributed by atoms with Crippen molar-refractivity contribution in [1.29, 1.82) is 0 Å². The van der Waals surface area contributed by atoms with E-state index in [0.717, 1.165) is 19.0 Å². The first-order valence-electron chi connectivity index (χ1n) is 6.15. The lowest BCUT2D eigenvalue weighted by molar-refractivity contribution is 0.158. The maximum Gasteiger partial charge on any atom is 0.0843 e. The lowest BCUT2D eigenvalue weighted by Gasteiger charge is -2.34. The first-order valence-corrected chi connectivity index (χ1v) is 8.55. The highest BCUT2D eigenvalue weighted by molar-refractivity contribution is 9.13. The summed E-state index contributed by atoms with van der Waals surface area (Å²) in [6, 6.07) is 2.96. The van der Waals surface area contributed by atoms with E-state index >= 15 is 0 Å². The zero-order valence-electron chi connectivity index (χ0n) is 10.4. The molecule has 2 aliphatic rings. The lowest BCUT2D eigenvalue weighted by Crippen LogP contribution is -2.45. The summed E-state index contributed by atoms with van der Waals surface area (Å²) in [4.78, 5) is 4.19. The van der Waals surface area contributed by atoms with Gasteiger partial charge < -0.3 is 5.32 Å². The van der Waals surface area contributed by atoms with Gasteiger partial charge in [0.1, 0.15) is 0 Å². The van der Waals surface area contributed by atoms with Gasteiger partial charge in [-0.05, 0) is 56.7 Å². The minimum atomic E-state index is 0. The van der Waals surface area contributed by atoms with E-state index in [4.69, 9.17) is 0 Å². The van der Waals surface area contributed by atoms with Gasteiger partial charge in [-0.1, -0.05) is 0 Å². The first kappa shape index (κ1) is 18.2. The van der Waals surface area contributed by atoms with Crippen molar-refractivity contribution in [3.8, 4) is 0 Å². The average Bonchev–Trinajstić information content (AvgIpc) is 3.09. The standard InChI is InChI=1S/C12H16Br2N2S.2ClH/c13-9-7-10(17-12(9)14)11(8-1-2-8)16-5-3-15-4-6-16;;/h7-8,11,15H,1-6H2;2*1H/t11-;;/m0../s1. The van der Waals surface area contributed by atoms with Crippen LogP contribution < -0.4 is 5.32 Å². The van der Waals surface area contributed by atoms with Gasteiger partial charge in [0.25, 0.3) is 0 Å². The molecular weight excluding hydrogens is 435 g/mol. The Morgan fingerprint density at radius 3 is 2.32 bits per heavy atom. The summed E-state index contributed by atoms with van der Waals surface area (Å²) in [6.45, 7) is 4.65. The van der Waals surface area contributed by atoms with Crippen LogP contribution >= 0.6 is 68.0 Å². The Morgan fingerprint density at radius 2 is 1.84 bits per heavy atom. The molecule has 1 N–H and O–H groups in total. The smallest absolute Gasteiger partial charge is 0.0843 e. The van der Waals surface area contributed by atoms with Gasteiger partial charge in [-0.15, -0.1) is 36.2 Å². The number of rotatable bonds is 3. The first-order chi connectivity index (χ1) is 8.25. The van der Waals surface area contributed by atoms with Gasteiger partial charge in [0.05, 0.1) is 3.79 Å². The summed E-state index contributed by atoms with van der Waals surface area (Å²) in [6.07, 6.45) is 2.81. The number of piperazine rings is 1. The van der Waals surface area contributed by atoms with E-state index in [1.165, 1.54) is 39.1 Å². The highest BCUT2D eigenvalue weighted by Gasteiger charge is 2.37. The topological polar surface area (TPSA) is 15.3 Å². The molecular formula is C12H18Br2Cl2N2S. The molecule has 0 bridgehead atoms. The molecule has 110 valence electrons. The molecule has 0 unspecified atom stereocenters. The minimum absolute atomic E-state index is 0. The Hall–Kier alpha value is 1.16. The molecule has 1 aromatic heterocycles. The van der Waals surface area contributed by atoms with Crippen molar-refractivity contribution in [2.24, 2.45) is 5.92 Å². The van der Waals surface area contributed by atoms with Crippen LogP contribution in [0.15, 0.2) is 14.3 Å². The molecule has 0 aromatic carbocycles. The normalized spacial score (nSPS) is 21.4. The second-order valence-electron chi connectivity index (χ2n) is 4.84. The van der Waals surface area contributed by atoms with Crippen molar-refractivity contribution in [3.63, 3.8) is 0 Å². The zero-order valence-corrected chi connectivity index (χ0v) is 16.0. The van der Waals surface area contributed by atoms with E-state index < -0.39 is 0 Å². The van der Waals surface area contributed by atoms with E-state index in [1.54, 1.807) is 0 Å². The monoisotopic (exact) mass is 450 g/mol. The van der Waals surface area contributed by atoms with Crippen molar-refractivity contribution < 1.29 is 0 Å². The van der Waals surface area contributed by atoms with E-state index in [0.29, 0.717) is 6.04 Å². The largest absolute Gasteiger partial charge is 0.314 e. The van der Waals surface area contributed by atoms with Crippen LogP contribution in [-0.2, 0) is 0 Å². The Balaban J connectivity index is 0.000000902. The quantitative estimate of drug-likeness (QED) is 0.727. The molecule has 0 radical (unpaired) electrons. The van der Waals surface area contributed by atoms with Gasteiger partial charge in [0.15, 0.2) is 0 Å². The Kier molecular flexibility index (Phi) is 7.64.